The molecular formula is C16H20BrN3O3. The van der Waals surface area contributed by atoms with Crippen molar-refractivity contribution in [2.45, 2.75) is 51.4 Å². The summed E-state index contributed by atoms with van der Waals surface area (Å²) in [7, 11) is 0. The van der Waals surface area contributed by atoms with E-state index in [1.807, 2.05) is 50.4 Å². The Morgan fingerprint density at radius 1 is 1.39 bits per heavy atom. The van der Waals surface area contributed by atoms with E-state index >= 15 is 0 Å². The molecule has 0 spiro atoms. The molecule has 1 atom stereocenters. The molecule has 1 amide bonds. The lowest BCUT2D eigenvalue weighted by Crippen LogP contribution is -2.37. The maximum Gasteiger partial charge on any atom is 0.413 e. The summed E-state index contributed by atoms with van der Waals surface area (Å²) in [5.74, 6) is 0.448. The molecule has 1 fully saturated rings. The highest BCUT2D eigenvalue weighted by Crippen LogP contribution is 2.39. The van der Waals surface area contributed by atoms with Crippen LogP contribution in [0, 0.1) is 0 Å². The molecule has 3 rings (SSSR count). The number of anilines is 1. The van der Waals surface area contributed by atoms with Gasteiger partial charge in [0.1, 0.15) is 17.4 Å². The number of aromatic nitrogens is 2. The van der Waals surface area contributed by atoms with Crippen molar-refractivity contribution in [3.63, 3.8) is 0 Å². The first kappa shape index (κ1) is 16.3. The standard InChI is InChI=1S/C16H20BrN3O3/c1-15(2)7-11(16(3,4)23-15)22-14(21)19-12-9-20-8-10(17)5-6-13(20)18-12/h5-6,8-9,11H,7H2,1-4H3,(H,19,21). The van der Waals surface area contributed by atoms with Gasteiger partial charge in [0.15, 0.2) is 5.82 Å². The van der Waals surface area contributed by atoms with Crippen LogP contribution in [0.5, 0.6) is 0 Å². The van der Waals surface area contributed by atoms with Crippen molar-refractivity contribution in [1.29, 1.82) is 0 Å². The molecule has 1 aliphatic rings. The van der Waals surface area contributed by atoms with Crippen molar-refractivity contribution < 1.29 is 14.3 Å². The van der Waals surface area contributed by atoms with Gasteiger partial charge in [-0.05, 0) is 55.8 Å². The molecule has 1 unspecified atom stereocenters. The van der Waals surface area contributed by atoms with Gasteiger partial charge in [0.25, 0.3) is 0 Å². The van der Waals surface area contributed by atoms with Gasteiger partial charge in [-0.3, -0.25) is 5.32 Å². The van der Waals surface area contributed by atoms with E-state index in [0.717, 1.165) is 10.1 Å². The van der Waals surface area contributed by atoms with Crippen LogP contribution in [-0.4, -0.2) is 32.8 Å². The highest BCUT2D eigenvalue weighted by molar-refractivity contribution is 9.10. The van der Waals surface area contributed by atoms with Crippen LogP contribution in [0.1, 0.15) is 34.1 Å². The van der Waals surface area contributed by atoms with Crippen LogP contribution in [0.2, 0.25) is 0 Å². The summed E-state index contributed by atoms with van der Waals surface area (Å²) in [6.45, 7) is 7.86. The number of hydrogen-bond acceptors (Lipinski definition) is 4. The quantitative estimate of drug-likeness (QED) is 0.853. The first-order chi connectivity index (χ1) is 10.6. The fraction of sp³-hybridized carbons (Fsp3) is 0.500. The zero-order chi connectivity index (χ0) is 16.8. The number of ether oxygens (including phenoxy) is 2. The van der Waals surface area contributed by atoms with Crippen LogP contribution in [0.4, 0.5) is 10.6 Å². The molecule has 0 aromatic carbocycles. The number of halogens is 1. The largest absolute Gasteiger partial charge is 0.443 e. The molecule has 124 valence electrons. The van der Waals surface area contributed by atoms with Crippen LogP contribution in [-0.2, 0) is 9.47 Å². The summed E-state index contributed by atoms with van der Waals surface area (Å²) < 4.78 is 14.2. The molecule has 23 heavy (non-hydrogen) atoms. The first-order valence-corrected chi connectivity index (χ1v) is 8.26. The number of nitrogens with one attached hydrogen (secondary N) is 1. The smallest absolute Gasteiger partial charge is 0.413 e. The molecule has 1 N–H and O–H groups in total. The monoisotopic (exact) mass is 381 g/mol. The van der Waals surface area contributed by atoms with Gasteiger partial charge in [0, 0.05) is 17.1 Å². The molecule has 1 aliphatic heterocycles. The minimum absolute atomic E-state index is 0.302. The van der Waals surface area contributed by atoms with Crippen molar-refractivity contribution in [2.75, 3.05) is 5.32 Å². The van der Waals surface area contributed by atoms with E-state index in [9.17, 15) is 4.79 Å². The number of rotatable bonds is 2. The second-order valence-electron chi connectivity index (χ2n) is 6.93. The van der Waals surface area contributed by atoms with E-state index in [1.165, 1.54) is 0 Å². The Morgan fingerprint density at radius 3 is 2.78 bits per heavy atom. The van der Waals surface area contributed by atoms with Gasteiger partial charge in [-0.25, -0.2) is 9.78 Å². The number of imidazole rings is 1. The van der Waals surface area contributed by atoms with Crippen LogP contribution in [0.3, 0.4) is 0 Å². The number of amides is 1. The summed E-state index contributed by atoms with van der Waals surface area (Å²) in [6.07, 6.45) is 3.44. The van der Waals surface area contributed by atoms with E-state index in [4.69, 9.17) is 9.47 Å². The maximum absolute atomic E-state index is 12.2. The molecule has 7 heteroatoms. The Labute approximate surface area is 143 Å². The lowest BCUT2D eigenvalue weighted by Gasteiger charge is -2.26. The summed E-state index contributed by atoms with van der Waals surface area (Å²) in [4.78, 5) is 16.5. The first-order valence-electron chi connectivity index (χ1n) is 7.47. The van der Waals surface area contributed by atoms with Crippen LogP contribution in [0.25, 0.3) is 5.65 Å². The van der Waals surface area contributed by atoms with Crippen molar-refractivity contribution in [3.8, 4) is 0 Å². The summed E-state index contributed by atoms with van der Waals surface area (Å²) in [5, 5.41) is 2.68. The van der Waals surface area contributed by atoms with E-state index < -0.39 is 11.7 Å². The average molecular weight is 382 g/mol. The number of carbonyl (C=O) groups excluding carboxylic acids is 1. The van der Waals surface area contributed by atoms with Gasteiger partial charge in [-0.1, -0.05) is 0 Å². The van der Waals surface area contributed by atoms with E-state index in [2.05, 4.69) is 26.2 Å². The van der Waals surface area contributed by atoms with Gasteiger partial charge >= 0.3 is 6.09 Å². The fourth-order valence-corrected chi connectivity index (χ4v) is 3.34. The predicted molar refractivity (Wildman–Crippen MR) is 90.6 cm³/mol. The van der Waals surface area contributed by atoms with Crippen molar-refractivity contribution in [2.24, 2.45) is 0 Å². The number of fused-ring (bicyclic) bond motifs is 1. The molecule has 2 aromatic rings. The molecule has 6 nitrogen and oxygen atoms in total. The van der Waals surface area contributed by atoms with Gasteiger partial charge < -0.3 is 13.9 Å². The second kappa shape index (κ2) is 5.49. The average Bonchev–Trinajstić information content (AvgIpc) is 2.85. The number of carbonyl (C=O) groups is 1. The third kappa shape index (κ3) is 3.50. The van der Waals surface area contributed by atoms with Gasteiger partial charge in [0.2, 0.25) is 0 Å². The molecule has 0 saturated carbocycles. The molecular weight excluding hydrogens is 362 g/mol. The van der Waals surface area contributed by atoms with Gasteiger partial charge in [-0.15, -0.1) is 0 Å². The predicted octanol–water partition coefficient (Wildman–Crippen LogP) is 3.99. The third-order valence-corrected chi connectivity index (χ3v) is 4.36. The lowest BCUT2D eigenvalue weighted by atomic mass is 9.97. The van der Waals surface area contributed by atoms with Crippen molar-refractivity contribution >= 4 is 33.5 Å². The Bertz CT molecular complexity index is 754. The molecule has 0 bridgehead atoms. The molecule has 3 heterocycles. The highest BCUT2D eigenvalue weighted by atomic mass is 79.9. The SMILES string of the molecule is CC1(C)CC(OC(=O)Nc2cn3cc(Br)ccc3n2)C(C)(C)O1. The lowest BCUT2D eigenvalue weighted by molar-refractivity contribution is -0.0893. The number of nitrogens with zero attached hydrogens (tertiary/aromatic N) is 2. The maximum atomic E-state index is 12.2. The Balaban J connectivity index is 1.69. The third-order valence-electron chi connectivity index (χ3n) is 3.89. The van der Waals surface area contributed by atoms with E-state index in [1.54, 1.807) is 6.20 Å². The van der Waals surface area contributed by atoms with E-state index in [0.29, 0.717) is 12.2 Å². The Hall–Kier alpha value is -1.60. The number of pyridine rings is 1. The summed E-state index contributed by atoms with van der Waals surface area (Å²) >= 11 is 3.40. The van der Waals surface area contributed by atoms with Crippen LogP contribution in [0.15, 0.2) is 29.0 Å². The zero-order valence-corrected chi connectivity index (χ0v) is 15.2. The Morgan fingerprint density at radius 2 is 2.13 bits per heavy atom. The zero-order valence-electron chi connectivity index (χ0n) is 13.6. The molecule has 0 aliphatic carbocycles. The van der Waals surface area contributed by atoms with Crippen LogP contribution >= 0.6 is 15.9 Å². The van der Waals surface area contributed by atoms with Crippen molar-refractivity contribution in [3.05, 3.63) is 29.0 Å². The highest BCUT2D eigenvalue weighted by Gasteiger charge is 2.48. The van der Waals surface area contributed by atoms with E-state index in [-0.39, 0.29) is 11.7 Å². The van der Waals surface area contributed by atoms with Crippen LogP contribution < -0.4 is 5.32 Å². The van der Waals surface area contributed by atoms with Gasteiger partial charge in [-0.2, -0.15) is 0 Å². The van der Waals surface area contributed by atoms with Crippen molar-refractivity contribution in [1.82, 2.24) is 9.38 Å². The minimum atomic E-state index is -0.521. The molecule has 2 aromatic heterocycles. The summed E-state index contributed by atoms with van der Waals surface area (Å²) in [5.41, 5.74) is -0.0665. The van der Waals surface area contributed by atoms with Gasteiger partial charge in [0.05, 0.1) is 11.8 Å². The second-order valence-corrected chi connectivity index (χ2v) is 7.84. The molecule has 1 saturated heterocycles. The number of hydrogen-bond donors (Lipinski definition) is 1. The summed E-state index contributed by atoms with van der Waals surface area (Å²) in [6, 6.07) is 3.75. The normalized spacial score (nSPS) is 22.2. The Kier molecular flexibility index (Phi) is 3.88. The fourth-order valence-electron chi connectivity index (χ4n) is 2.98. The minimum Gasteiger partial charge on any atom is -0.443 e. The topological polar surface area (TPSA) is 64.9 Å². The molecule has 0 radical (unpaired) electrons.